The molecule has 2 aliphatic rings. The van der Waals surface area contributed by atoms with Crippen molar-refractivity contribution in [3.05, 3.63) is 55.0 Å². The molecule has 3 aromatic heterocycles. The molecule has 1 aromatic carbocycles. The van der Waals surface area contributed by atoms with E-state index in [4.69, 9.17) is 9.97 Å². The van der Waals surface area contributed by atoms with E-state index in [1.807, 2.05) is 12.4 Å². The van der Waals surface area contributed by atoms with E-state index in [1.165, 1.54) is 55.4 Å². The van der Waals surface area contributed by atoms with Crippen LogP contribution in [0, 0.1) is 5.92 Å². The van der Waals surface area contributed by atoms with Gasteiger partial charge in [-0.05, 0) is 56.0 Å². The van der Waals surface area contributed by atoms with Crippen molar-refractivity contribution in [2.45, 2.75) is 19.3 Å². The predicted molar refractivity (Wildman–Crippen MR) is 150 cm³/mol. The Bertz CT molecular complexity index is 1330. The van der Waals surface area contributed by atoms with Gasteiger partial charge in [-0.3, -0.25) is 4.57 Å². The number of benzene rings is 1. The van der Waals surface area contributed by atoms with E-state index in [0.29, 0.717) is 0 Å². The van der Waals surface area contributed by atoms with Gasteiger partial charge in [0.2, 0.25) is 0 Å². The van der Waals surface area contributed by atoms with Crippen LogP contribution in [-0.2, 0) is 0 Å². The van der Waals surface area contributed by atoms with Crippen LogP contribution in [0.3, 0.4) is 0 Å². The van der Waals surface area contributed by atoms with Crippen molar-refractivity contribution in [2.24, 2.45) is 5.92 Å². The number of hydrogen-bond donors (Lipinski definition) is 1. The van der Waals surface area contributed by atoms with Crippen molar-refractivity contribution in [1.29, 1.82) is 0 Å². The number of nitrogens with zero attached hydrogens (tertiary/aromatic N) is 6. The lowest BCUT2D eigenvalue weighted by molar-refractivity contribution is 0.215. The molecule has 188 valence electrons. The minimum Gasteiger partial charge on any atom is -0.377 e. The lowest BCUT2D eigenvalue weighted by Gasteiger charge is -2.34. The molecule has 0 spiro atoms. The normalized spacial score (nSPS) is 17.8. The van der Waals surface area contributed by atoms with Gasteiger partial charge in [0, 0.05) is 87.6 Å². The lowest BCUT2D eigenvalue weighted by Crippen LogP contribution is -2.44. The van der Waals surface area contributed by atoms with E-state index in [-0.39, 0.29) is 0 Å². The molecule has 2 aliphatic heterocycles. The Kier molecular flexibility index (Phi) is 6.50. The molecule has 36 heavy (non-hydrogen) atoms. The smallest absolute Gasteiger partial charge is 0.137 e. The van der Waals surface area contributed by atoms with Gasteiger partial charge in [0.15, 0.2) is 0 Å². The van der Waals surface area contributed by atoms with E-state index < -0.39 is 0 Å². The number of pyridine rings is 2. The van der Waals surface area contributed by atoms with Crippen LogP contribution in [0.2, 0.25) is 0 Å². The summed E-state index contributed by atoms with van der Waals surface area (Å²) >= 11 is 0. The third-order valence-corrected chi connectivity index (χ3v) is 8.02. The zero-order valence-electron chi connectivity index (χ0n) is 21.5. The van der Waals surface area contributed by atoms with Gasteiger partial charge in [-0.15, -0.1) is 0 Å². The average Bonchev–Trinajstić information content (AvgIpc) is 3.35. The molecule has 1 N–H and O–H groups in total. The molecular weight excluding hydrogens is 446 g/mol. The first kappa shape index (κ1) is 23.3. The van der Waals surface area contributed by atoms with Gasteiger partial charge < -0.3 is 20.0 Å². The fourth-order valence-corrected chi connectivity index (χ4v) is 5.81. The number of rotatable bonds is 6. The quantitative estimate of drug-likeness (QED) is 0.445. The van der Waals surface area contributed by atoms with Crippen molar-refractivity contribution in [2.75, 3.05) is 69.7 Å². The Morgan fingerprint density at radius 3 is 2.53 bits per heavy atom. The minimum absolute atomic E-state index is 0.840. The Hall–Kier alpha value is -3.16. The number of fused-ring (bicyclic) bond motifs is 2. The molecule has 0 aliphatic carbocycles. The molecule has 0 atom stereocenters. The molecule has 2 saturated heterocycles. The summed E-state index contributed by atoms with van der Waals surface area (Å²) in [7, 11) is 4.17. The zero-order valence-corrected chi connectivity index (χ0v) is 21.5. The molecule has 4 aromatic rings. The molecule has 7 heteroatoms. The summed E-state index contributed by atoms with van der Waals surface area (Å²) in [5.41, 5.74) is 2.29. The van der Waals surface area contributed by atoms with Crippen LogP contribution in [0.1, 0.15) is 19.3 Å². The standard InChI is InChI=1S/C29H37N7/c1-33(2)26-5-3-4-24-20-31-29(19-25(24)26)36-15-9-23-18-28(32-21-27(23)36)35-13-7-22(8-14-35)6-12-34-16-10-30-11-17-34/h3-5,9,15,18-22,30H,6-8,10-14,16-17H2,1-2H3. The summed E-state index contributed by atoms with van der Waals surface area (Å²) in [6, 6.07) is 13.0. The largest absolute Gasteiger partial charge is 0.377 e. The highest BCUT2D eigenvalue weighted by molar-refractivity contribution is 5.95. The minimum atomic E-state index is 0.840. The van der Waals surface area contributed by atoms with Crippen molar-refractivity contribution in [3.8, 4) is 5.82 Å². The van der Waals surface area contributed by atoms with Gasteiger partial charge in [0.05, 0.1) is 11.7 Å². The molecule has 5 heterocycles. The van der Waals surface area contributed by atoms with Crippen LogP contribution < -0.4 is 15.1 Å². The van der Waals surface area contributed by atoms with Gasteiger partial charge in [0.1, 0.15) is 11.6 Å². The third kappa shape index (κ3) is 4.65. The SMILES string of the molecule is CN(C)c1cccc2cnc(-n3ccc4cc(N5CCC(CCN6CCNCC6)CC5)ncc43)cc12. The molecule has 0 amide bonds. The highest BCUT2D eigenvalue weighted by Crippen LogP contribution is 2.30. The zero-order chi connectivity index (χ0) is 24.5. The maximum absolute atomic E-state index is 4.90. The third-order valence-electron chi connectivity index (χ3n) is 8.02. The first-order valence-corrected chi connectivity index (χ1v) is 13.4. The Labute approximate surface area is 213 Å². The second kappa shape index (κ2) is 10.1. The predicted octanol–water partition coefficient (Wildman–Crippen LogP) is 4.15. The van der Waals surface area contributed by atoms with Crippen LogP contribution in [0.5, 0.6) is 0 Å². The first-order chi connectivity index (χ1) is 17.7. The van der Waals surface area contributed by atoms with Gasteiger partial charge in [0.25, 0.3) is 0 Å². The van der Waals surface area contributed by atoms with E-state index >= 15 is 0 Å². The molecule has 6 rings (SSSR count). The Balaban J connectivity index is 1.16. The average molecular weight is 484 g/mol. The highest BCUT2D eigenvalue weighted by atomic mass is 15.2. The Morgan fingerprint density at radius 1 is 0.917 bits per heavy atom. The van der Waals surface area contributed by atoms with Gasteiger partial charge in [-0.2, -0.15) is 0 Å². The van der Waals surface area contributed by atoms with Crippen LogP contribution in [0.4, 0.5) is 11.5 Å². The summed E-state index contributed by atoms with van der Waals surface area (Å²) in [4.78, 5) is 16.9. The second-order valence-corrected chi connectivity index (χ2v) is 10.5. The first-order valence-electron chi connectivity index (χ1n) is 13.4. The highest BCUT2D eigenvalue weighted by Gasteiger charge is 2.22. The van der Waals surface area contributed by atoms with Crippen LogP contribution >= 0.6 is 0 Å². The van der Waals surface area contributed by atoms with Crippen molar-refractivity contribution >= 4 is 33.2 Å². The molecule has 0 radical (unpaired) electrons. The molecular formula is C29H37N7. The summed E-state index contributed by atoms with van der Waals surface area (Å²) in [6.45, 7) is 8.14. The van der Waals surface area contributed by atoms with Gasteiger partial charge in [-0.25, -0.2) is 9.97 Å². The number of aromatic nitrogens is 3. The topological polar surface area (TPSA) is 52.5 Å². The van der Waals surface area contributed by atoms with Crippen molar-refractivity contribution in [3.63, 3.8) is 0 Å². The van der Waals surface area contributed by atoms with Crippen LogP contribution in [0.15, 0.2) is 55.0 Å². The molecule has 0 unspecified atom stereocenters. The van der Waals surface area contributed by atoms with E-state index in [9.17, 15) is 0 Å². The molecule has 7 nitrogen and oxygen atoms in total. The van der Waals surface area contributed by atoms with Crippen LogP contribution in [-0.4, -0.2) is 79.3 Å². The van der Waals surface area contributed by atoms with Crippen molar-refractivity contribution < 1.29 is 0 Å². The maximum Gasteiger partial charge on any atom is 0.137 e. The monoisotopic (exact) mass is 483 g/mol. The summed E-state index contributed by atoms with van der Waals surface area (Å²) < 4.78 is 2.15. The van der Waals surface area contributed by atoms with Crippen molar-refractivity contribution in [1.82, 2.24) is 24.8 Å². The number of piperidine rings is 1. The summed E-state index contributed by atoms with van der Waals surface area (Å²) in [5.74, 6) is 2.86. The molecule has 2 fully saturated rings. The second-order valence-electron chi connectivity index (χ2n) is 10.5. The summed E-state index contributed by atoms with van der Waals surface area (Å²) in [5, 5.41) is 7.02. The lowest BCUT2D eigenvalue weighted by atomic mass is 9.93. The molecule has 0 saturated carbocycles. The number of nitrogens with one attached hydrogen (secondary N) is 1. The van der Waals surface area contributed by atoms with E-state index in [0.717, 1.165) is 54.6 Å². The van der Waals surface area contributed by atoms with Gasteiger partial charge in [-0.1, -0.05) is 12.1 Å². The fourth-order valence-electron chi connectivity index (χ4n) is 5.81. The maximum atomic E-state index is 4.90. The van der Waals surface area contributed by atoms with E-state index in [2.05, 4.69) is 81.3 Å². The van der Waals surface area contributed by atoms with E-state index in [1.54, 1.807) is 0 Å². The summed E-state index contributed by atoms with van der Waals surface area (Å²) in [6.07, 6.45) is 9.97. The van der Waals surface area contributed by atoms with Gasteiger partial charge >= 0.3 is 0 Å². The Morgan fingerprint density at radius 2 is 1.72 bits per heavy atom. The number of piperazine rings is 1. The molecule has 0 bridgehead atoms. The fraction of sp³-hybridized carbons (Fsp3) is 0.448. The number of anilines is 2. The number of hydrogen-bond acceptors (Lipinski definition) is 6. The van der Waals surface area contributed by atoms with Crippen LogP contribution in [0.25, 0.3) is 27.5 Å².